The number of hydrogen-bond donors (Lipinski definition) is 1. The number of amides is 5. The van der Waals surface area contributed by atoms with Gasteiger partial charge in [0.2, 0.25) is 11.8 Å². The molecule has 7 aliphatic heterocycles. The van der Waals surface area contributed by atoms with Crippen LogP contribution in [-0.4, -0.2) is 107 Å². The quantitative estimate of drug-likeness (QED) is 0.383. The standard InChI is InChI=1S/C37H35FN8O5/c38-28-14-26-27(37(51)46(36(26)50)30-6-8-33(47)40-35(30)49)15-31(28)45-19-23-3-4-24(45)18-44(23)17-20-9-11-43(12-10-20)32-7-5-29(41-42-32)21-1-2-22-16-39-34(48)25(22)13-21/h1-2,5,7,13-16,20,23-24,30H,3-4,6,8-12,17-19H2,(H,40,47,49). The van der Waals surface area contributed by atoms with Crippen LogP contribution in [0.25, 0.3) is 11.3 Å². The fourth-order valence-corrected chi connectivity index (χ4v) is 8.67. The van der Waals surface area contributed by atoms with Gasteiger partial charge in [0.25, 0.3) is 17.7 Å². The third-order valence-corrected chi connectivity index (χ3v) is 11.4. The first kappa shape index (κ1) is 31.6. The number of benzene rings is 2. The maximum Gasteiger partial charge on any atom is 0.277 e. The summed E-state index contributed by atoms with van der Waals surface area (Å²) in [4.78, 5) is 74.3. The lowest BCUT2D eigenvalue weighted by Crippen LogP contribution is -2.63. The van der Waals surface area contributed by atoms with E-state index in [0.29, 0.717) is 29.4 Å². The Kier molecular flexibility index (Phi) is 7.53. The molecule has 14 heteroatoms. The summed E-state index contributed by atoms with van der Waals surface area (Å²) in [7, 11) is 0. The van der Waals surface area contributed by atoms with Crippen molar-refractivity contribution < 1.29 is 28.4 Å². The Bertz CT molecular complexity index is 2040. The van der Waals surface area contributed by atoms with Gasteiger partial charge in [-0.2, -0.15) is 0 Å². The monoisotopic (exact) mass is 690 g/mol. The molecular formula is C37H35FN8O5. The van der Waals surface area contributed by atoms with Crippen molar-refractivity contribution in [2.75, 3.05) is 42.5 Å². The van der Waals surface area contributed by atoms with Crippen molar-refractivity contribution in [1.29, 1.82) is 0 Å². The molecule has 5 fully saturated rings. The van der Waals surface area contributed by atoms with Gasteiger partial charge in [-0.1, -0.05) is 12.1 Å². The second-order valence-electron chi connectivity index (χ2n) is 14.4. The minimum absolute atomic E-state index is 0.0250. The number of halogens is 1. The Hall–Kier alpha value is -5.37. The van der Waals surface area contributed by atoms with E-state index in [1.54, 1.807) is 6.21 Å². The first-order valence-electron chi connectivity index (χ1n) is 17.6. The van der Waals surface area contributed by atoms with Crippen LogP contribution in [-0.2, 0) is 9.59 Å². The van der Waals surface area contributed by atoms with Gasteiger partial charge in [0, 0.05) is 68.6 Å². The Morgan fingerprint density at radius 3 is 2.31 bits per heavy atom. The fourth-order valence-electron chi connectivity index (χ4n) is 8.67. The van der Waals surface area contributed by atoms with Crippen LogP contribution in [0.15, 0.2) is 47.5 Å². The van der Waals surface area contributed by atoms with Crippen molar-refractivity contribution in [1.82, 2.24) is 25.3 Å². The van der Waals surface area contributed by atoms with Crippen LogP contribution in [0.5, 0.6) is 0 Å². The molecule has 3 atom stereocenters. The van der Waals surface area contributed by atoms with Gasteiger partial charge < -0.3 is 9.80 Å². The summed E-state index contributed by atoms with van der Waals surface area (Å²) in [5, 5.41) is 11.2. The number of imide groups is 2. The molecule has 8 heterocycles. The second kappa shape index (κ2) is 12.1. The van der Waals surface area contributed by atoms with Crippen LogP contribution in [0.1, 0.15) is 75.2 Å². The molecular weight excluding hydrogens is 655 g/mol. The van der Waals surface area contributed by atoms with E-state index in [9.17, 15) is 24.0 Å². The maximum absolute atomic E-state index is 15.7. The van der Waals surface area contributed by atoms with Crippen LogP contribution in [0.4, 0.5) is 15.9 Å². The first-order chi connectivity index (χ1) is 24.7. The normalized spacial score (nSPS) is 24.8. The highest BCUT2D eigenvalue weighted by Gasteiger charge is 2.47. The summed E-state index contributed by atoms with van der Waals surface area (Å²) in [5.41, 5.74) is 3.30. The van der Waals surface area contributed by atoms with Crippen molar-refractivity contribution in [3.63, 3.8) is 0 Å². The van der Waals surface area contributed by atoms with Crippen LogP contribution in [0, 0.1) is 11.7 Å². The third-order valence-electron chi connectivity index (χ3n) is 11.4. The summed E-state index contributed by atoms with van der Waals surface area (Å²) in [6.45, 7) is 4.14. The van der Waals surface area contributed by atoms with Crippen molar-refractivity contribution in [2.45, 2.75) is 56.7 Å². The van der Waals surface area contributed by atoms with E-state index in [0.717, 1.165) is 79.8 Å². The minimum atomic E-state index is -1.09. The highest BCUT2D eigenvalue weighted by molar-refractivity contribution is 6.23. The van der Waals surface area contributed by atoms with Gasteiger partial charge >= 0.3 is 0 Å². The molecule has 1 aromatic heterocycles. The lowest BCUT2D eigenvalue weighted by atomic mass is 9.87. The first-order valence-corrected chi connectivity index (χ1v) is 17.6. The molecule has 51 heavy (non-hydrogen) atoms. The lowest BCUT2D eigenvalue weighted by Gasteiger charge is -2.53. The fraction of sp³-hybridized carbons (Fsp3) is 0.405. The number of hydrogen-bond acceptors (Lipinski definition) is 10. The Morgan fingerprint density at radius 1 is 0.804 bits per heavy atom. The van der Waals surface area contributed by atoms with E-state index in [4.69, 9.17) is 0 Å². The van der Waals surface area contributed by atoms with Gasteiger partial charge in [-0.05, 0) is 68.4 Å². The van der Waals surface area contributed by atoms with Gasteiger partial charge in [0.1, 0.15) is 11.9 Å². The number of nitrogens with zero attached hydrogens (tertiary/aromatic N) is 7. The highest BCUT2D eigenvalue weighted by atomic mass is 19.1. The maximum atomic E-state index is 15.7. The summed E-state index contributed by atoms with van der Waals surface area (Å²) in [6, 6.07) is 11.4. The minimum Gasteiger partial charge on any atom is -0.363 e. The number of piperidine rings is 4. The summed E-state index contributed by atoms with van der Waals surface area (Å²) >= 11 is 0. The third kappa shape index (κ3) is 5.39. The molecule has 0 radical (unpaired) electrons. The number of fused-ring (bicyclic) bond motifs is 5. The second-order valence-corrected chi connectivity index (χ2v) is 14.4. The van der Waals surface area contributed by atoms with Crippen LogP contribution < -0.4 is 15.1 Å². The van der Waals surface area contributed by atoms with E-state index in [1.807, 2.05) is 35.2 Å². The van der Waals surface area contributed by atoms with E-state index >= 15 is 4.39 Å². The largest absolute Gasteiger partial charge is 0.363 e. The molecule has 2 bridgehead atoms. The Labute approximate surface area is 292 Å². The van der Waals surface area contributed by atoms with Gasteiger partial charge in [-0.25, -0.2) is 9.38 Å². The molecule has 0 spiro atoms. The van der Waals surface area contributed by atoms with Crippen molar-refractivity contribution in [2.24, 2.45) is 10.9 Å². The van der Waals surface area contributed by atoms with Crippen LogP contribution in [0.2, 0.25) is 0 Å². The summed E-state index contributed by atoms with van der Waals surface area (Å²) in [5.74, 6) is -1.91. The molecule has 2 aromatic carbocycles. The molecule has 3 unspecified atom stereocenters. The molecule has 7 aliphatic rings. The molecule has 5 saturated heterocycles. The number of piperazine rings is 1. The number of rotatable bonds is 6. The average Bonchev–Trinajstić information content (AvgIpc) is 3.63. The topological polar surface area (TPSA) is 148 Å². The molecule has 5 amide bonds. The molecule has 0 saturated carbocycles. The zero-order valence-corrected chi connectivity index (χ0v) is 27.8. The predicted octanol–water partition coefficient (Wildman–Crippen LogP) is 2.83. The number of anilines is 2. The predicted molar refractivity (Wildman–Crippen MR) is 183 cm³/mol. The number of aliphatic imine (C=N–C) groups is 1. The van der Waals surface area contributed by atoms with Crippen LogP contribution >= 0.6 is 0 Å². The molecule has 3 aromatic rings. The van der Waals surface area contributed by atoms with Crippen molar-refractivity contribution >= 4 is 47.3 Å². The van der Waals surface area contributed by atoms with Gasteiger partial charge in [0.05, 0.1) is 28.1 Å². The number of nitrogens with one attached hydrogen (secondary N) is 1. The summed E-state index contributed by atoms with van der Waals surface area (Å²) < 4.78 is 15.7. The zero-order chi connectivity index (χ0) is 35.0. The SMILES string of the molecule is O=C1CCC(N2C(=O)c3cc(F)c(N4CC5CCC4CN5CC4CCN(c5ccc(-c6ccc7c(c6)C(=O)N=C7)nn5)CC4)cc3C2=O)C(=O)N1. The van der Waals surface area contributed by atoms with Crippen LogP contribution in [0.3, 0.4) is 0 Å². The van der Waals surface area contributed by atoms with E-state index in [1.165, 1.54) is 6.07 Å². The lowest BCUT2D eigenvalue weighted by molar-refractivity contribution is -0.136. The number of carbonyl (C=O) groups excluding carboxylic acids is 5. The smallest absolute Gasteiger partial charge is 0.277 e. The van der Waals surface area contributed by atoms with Gasteiger partial charge in [0.15, 0.2) is 5.82 Å². The summed E-state index contributed by atoms with van der Waals surface area (Å²) in [6.07, 6.45) is 5.63. The highest BCUT2D eigenvalue weighted by Crippen LogP contribution is 2.39. The van der Waals surface area contributed by atoms with Crippen molar-refractivity contribution in [3.8, 4) is 11.3 Å². The molecule has 13 nitrogen and oxygen atoms in total. The molecule has 10 rings (SSSR count). The van der Waals surface area contributed by atoms with Gasteiger partial charge in [-0.3, -0.25) is 39.1 Å². The molecule has 260 valence electrons. The number of aromatic nitrogens is 2. The van der Waals surface area contributed by atoms with E-state index in [-0.39, 0.29) is 42.0 Å². The van der Waals surface area contributed by atoms with Crippen molar-refractivity contribution in [3.05, 3.63) is 70.5 Å². The molecule has 0 aliphatic carbocycles. The van der Waals surface area contributed by atoms with E-state index < -0.39 is 35.5 Å². The van der Waals surface area contributed by atoms with Gasteiger partial charge in [-0.15, -0.1) is 10.2 Å². The number of carbonyl (C=O) groups is 5. The Morgan fingerprint density at radius 2 is 1.59 bits per heavy atom. The average molecular weight is 691 g/mol. The molecule has 1 N–H and O–H groups in total. The Balaban J connectivity index is 0.819. The van der Waals surface area contributed by atoms with E-state index in [2.05, 4.69) is 30.3 Å². The zero-order valence-electron chi connectivity index (χ0n) is 27.8.